The van der Waals surface area contributed by atoms with E-state index in [4.69, 9.17) is 29.5 Å². The zero-order valence-corrected chi connectivity index (χ0v) is 26.1. The van der Waals surface area contributed by atoms with E-state index in [9.17, 15) is 0 Å². The lowest BCUT2D eigenvalue weighted by Gasteiger charge is -2.41. The highest BCUT2D eigenvalue weighted by atomic mass is 16.4. The van der Waals surface area contributed by atoms with Crippen molar-refractivity contribution >= 4 is 44.7 Å². The van der Waals surface area contributed by atoms with Crippen LogP contribution in [0.3, 0.4) is 0 Å². The summed E-state index contributed by atoms with van der Waals surface area (Å²) >= 11 is 0. The second-order valence-electron chi connectivity index (χ2n) is 12.4. The highest BCUT2D eigenvalue weighted by Gasteiger charge is 2.55. The molecule has 0 saturated carbocycles. The van der Waals surface area contributed by atoms with Gasteiger partial charge in [0.15, 0.2) is 11.1 Å². The molecule has 5 heterocycles. The Morgan fingerprint density at radius 3 is 2.35 bits per heavy atom. The molecule has 8 aromatic rings. The molecule has 8 nitrogen and oxygen atoms in total. The predicted octanol–water partition coefficient (Wildman–Crippen LogP) is 7.91. The summed E-state index contributed by atoms with van der Waals surface area (Å²) in [7, 11) is 0. The maximum Gasteiger partial charge on any atom is 0.230 e. The van der Waals surface area contributed by atoms with Gasteiger partial charge in [-0.25, -0.2) is 9.97 Å². The van der Waals surface area contributed by atoms with Crippen LogP contribution in [0.5, 0.6) is 0 Å². The molecule has 0 bridgehead atoms. The number of aliphatic imine (C=N–C) groups is 1. The molecule has 0 saturated heterocycles. The number of hydrogen-bond donors (Lipinski definition) is 1. The minimum absolute atomic E-state index is 0.265. The van der Waals surface area contributed by atoms with Crippen molar-refractivity contribution in [1.29, 1.82) is 0 Å². The molecule has 5 aromatic carbocycles. The molecule has 0 radical (unpaired) electrons. The number of aromatic nitrogens is 5. The van der Waals surface area contributed by atoms with Gasteiger partial charge in [-0.3, -0.25) is 9.98 Å². The van der Waals surface area contributed by atoms with E-state index in [2.05, 4.69) is 77.2 Å². The second-order valence-corrected chi connectivity index (χ2v) is 12.4. The van der Waals surface area contributed by atoms with Crippen LogP contribution in [0.15, 0.2) is 149 Å². The van der Waals surface area contributed by atoms with Gasteiger partial charge in [-0.15, -0.1) is 0 Å². The zero-order valence-electron chi connectivity index (χ0n) is 26.1. The number of nitrogens with one attached hydrogen (secondary N) is 1. The minimum atomic E-state index is -1.34. The summed E-state index contributed by atoms with van der Waals surface area (Å²) in [5.41, 5.74) is 8.06. The largest absolute Gasteiger partial charge is 0.438 e. The lowest BCUT2D eigenvalue weighted by molar-refractivity contribution is 0.345. The maximum absolute atomic E-state index is 6.79. The summed E-state index contributed by atoms with van der Waals surface area (Å²) in [6.45, 7) is 0. The summed E-state index contributed by atoms with van der Waals surface area (Å²) in [6, 6.07) is 40.5. The van der Waals surface area contributed by atoms with Crippen molar-refractivity contribution in [3.63, 3.8) is 0 Å². The summed E-state index contributed by atoms with van der Waals surface area (Å²) in [5, 5.41) is 15.0. The molecule has 0 aliphatic carbocycles. The average Bonchev–Trinajstić information content (AvgIpc) is 3.62. The Kier molecular flexibility index (Phi) is 6.05. The number of nitrogens with zero attached hydrogens (tertiary/aromatic N) is 6. The summed E-state index contributed by atoms with van der Waals surface area (Å²) in [5.74, 6) is -0.131. The number of fused-ring (bicyclic) bond motifs is 5. The van der Waals surface area contributed by atoms with Crippen molar-refractivity contribution < 1.29 is 4.42 Å². The van der Waals surface area contributed by atoms with Gasteiger partial charge in [-0.05, 0) is 53.2 Å². The van der Waals surface area contributed by atoms with Gasteiger partial charge in [-0.1, -0.05) is 97.1 Å². The molecule has 1 N–H and O–H groups in total. The number of benzene rings is 5. The van der Waals surface area contributed by atoms with Crippen molar-refractivity contribution in [2.75, 3.05) is 0 Å². The maximum atomic E-state index is 6.79. The lowest BCUT2D eigenvalue weighted by Crippen LogP contribution is -2.43. The van der Waals surface area contributed by atoms with Gasteiger partial charge in [0, 0.05) is 16.3 Å². The van der Waals surface area contributed by atoms with Gasteiger partial charge in [0.05, 0.1) is 52.5 Å². The quantitative estimate of drug-likeness (QED) is 0.210. The first-order valence-electron chi connectivity index (χ1n) is 16.3. The Labute approximate surface area is 280 Å². The first-order chi connectivity index (χ1) is 24.3. The summed E-state index contributed by atoms with van der Waals surface area (Å²) in [6.07, 6.45) is 7.71. The number of oxazole rings is 1. The average molecular weight is 634 g/mol. The van der Waals surface area contributed by atoms with E-state index in [0.717, 1.165) is 61.0 Å². The molecule has 0 spiro atoms. The molecule has 0 amide bonds. The van der Waals surface area contributed by atoms with Gasteiger partial charge < -0.3 is 9.73 Å². The zero-order chi connectivity index (χ0) is 32.4. The van der Waals surface area contributed by atoms with Crippen LogP contribution >= 0.6 is 0 Å². The van der Waals surface area contributed by atoms with E-state index in [0.29, 0.717) is 17.2 Å². The minimum Gasteiger partial charge on any atom is -0.438 e. The number of hydrogen-bond acceptors (Lipinski definition) is 8. The Morgan fingerprint density at radius 2 is 1.43 bits per heavy atom. The first-order valence-corrected chi connectivity index (χ1v) is 16.3. The van der Waals surface area contributed by atoms with Crippen LogP contribution < -0.4 is 5.32 Å². The molecule has 3 aromatic heterocycles. The van der Waals surface area contributed by atoms with E-state index in [1.807, 2.05) is 73.1 Å². The molecular weight excluding hydrogens is 606 g/mol. The van der Waals surface area contributed by atoms with Gasteiger partial charge in [0.2, 0.25) is 5.89 Å². The van der Waals surface area contributed by atoms with Crippen LogP contribution in [0.25, 0.3) is 39.0 Å². The lowest BCUT2D eigenvalue weighted by atomic mass is 9.69. The molecule has 0 fully saturated rings. The summed E-state index contributed by atoms with van der Waals surface area (Å²) < 4.78 is 6.79. The fourth-order valence-electron chi connectivity index (χ4n) is 7.49. The summed E-state index contributed by atoms with van der Waals surface area (Å²) in [4.78, 5) is 21.3. The Hall–Kier alpha value is -6.54. The van der Waals surface area contributed by atoms with Crippen LogP contribution in [0, 0.1) is 0 Å². The second kappa shape index (κ2) is 10.7. The van der Waals surface area contributed by atoms with Gasteiger partial charge in [-0.2, -0.15) is 10.2 Å². The van der Waals surface area contributed by atoms with Gasteiger partial charge in [0.1, 0.15) is 5.52 Å². The molecule has 10 rings (SSSR count). The highest BCUT2D eigenvalue weighted by Crippen LogP contribution is 2.54. The number of rotatable bonds is 4. The van der Waals surface area contributed by atoms with Crippen LogP contribution in [0.1, 0.15) is 51.5 Å². The first kappa shape index (κ1) is 27.6. The molecule has 232 valence electrons. The fraction of sp³-hybridized carbons (Fsp3) is 0.0732. The molecular formula is C41H27N7O. The third-order valence-corrected chi connectivity index (χ3v) is 9.70. The fourth-order valence-corrected chi connectivity index (χ4v) is 7.49. The molecule has 8 heteroatoms. The normalized spacial score (nSPS) is 19.7. The Bertz CT molecular complexity index is 2610. The SMILES string of the molecule is C1=Cc2ccccc2C(C2=NC(c3cnc4ccccc4n3)(c3nc4ccccc4o3)C(c3nncc4ccccc34)c3ccccc32)N1. The van der Waals surface area contributed by atoms with Crippen molar-refractivity contribution in [1.82, 2.24) is 30.5 Å². The highest BCUT2D eigenvalue weighted by molar-refractivity contribution is 6.08. The van der Waals surface area contributed by atoms with Crippen LogP contribution in [-0.4, -0.2) is 30.9 Å². The van der Waals surface area contributed by atoms with Crippen molar-refractivity contribution in [3.8, 4) is 0 Å². The molecule has 49 heavy (non-hydrogen) atoms. The standard InChI is InChI=1S/C41H27N7O/c1-3-13-27-25(11-1)21-22-42-38(27)39-30-16-6-5-15-29(30)36(37-28-14-4-2-12-26(28)23-44-48-37)41(47-39,40-46-33-19-9-10-20-34(33)49-40)35-24-43-31-17-7-8-18-32(31)45-35/h1-24,36,38,42H. The van der Waals surface area contributed by atoms with Crippen LogP contribution in [0.4, 0.5) is 0 Å². The molecule has 2 aliphatic rings. The van der Waals surface area contributed by atoms with Crippen molar-refractivity contribution in [2.45, 2.75) is 17.5 Å². The smallest absolute Gasteiger partial charge is 0.230 e. The van der Waals surface area contributed by atoms with Crippen molar-refractivity contribution in [3.05, 3.63) is 179 Å². The predicted molar refractivity (Wildman–Crippen MR) is 190 cm³/mol. The van der Waals surface area contributed by atoms with E-state index in [1.165, 1.54) is 0 Å². The van der Waals surface area contributed by atoms with E-state index in [1.54, 1.807) is 6.20 Å². The van der Waals surface area contributed by atoms with Crippen LogP contribution in [-0.2, 0) is 5.54 Å². The van der Waals surface area contributed by atoms with Gasteiger partial charge >= 0.3 is 0 Å². The Balaban J connectivity index is 1.38. The monoisotopic (exact) mass is 633 g/mol. The van der Waals surface area contributed by atoms with Gasteiger partial charge in [0.25, 0.3) is 0 Å². The topological polar surface area (TPSA) is 102 Å². The third kappa shape index (κ3) is 4.17. The number of para-hydroxylation sites is 4. The molecule has 2 aliphatic heterocycles. The molecule has 3 unspecified atom stereocenters. The van der Waals surface area contributed by atoms with E-state index < -0.39 is 11.5 Å². The van der Waals surface area contributed by atoms with Crippen molar-refractivity contribution in [2.24, 2.45) is 4.99 Å². The van der Waals surface area contributed by atoms with Crippen LogP contribution in [0.2, 0.25) is 0 Å². The Morgan fingerprint density at radius 1 is 0.673 bits per heavy atom. The van der Waals surface area contributed by atoms with E-state index in [-0.39, 0.29) is 6.04 Å². The molecule has 3 atom stereocenters. The third-order valence-electron chi connectivity index (χ3n) is 9.70. The van der Waals surface area contributed by atoms with E-state index >= 15 is 0 Å².